The third-order valence-corrected chi connectivity index (χ3v) is 8.04. The van der Waals surface area contributed by atoms with Crippen LogP contribution in [0.3, 0.4) is 0 Å². The maximum Gasteiger partial charge on any atom is 0.0118 e. The summed E-state index contributed by atoms with van der Waals surface area (Å²) in [5, 5.41) is 0.485. The van der Waals surface area contributed by atoms with Gasteiger partial charge in [-0.15, -0.1) is 0 Å². The van der Waals surface area contributed by atoms with Crippen molar-refractivity contribution < 1.29 is 0 Å². The van der Waals surface area contributed by atoms with Gasteiger partial charge in [-0.1, -0.05) is 67.6 Å². The van der Waals surface area contributed by atoms with Crippen LogP contribution in [0, 0.1) is 0 Å². The van der Waals surface area contributed by atoms with Gasteiger partial charge in [-0.2, -0.15) is 10.0 Å². The number of hydrogen-bond acceptors (Lipinski definition) is 0. The predicted molar refractivity (Wildman–Crippen MR) is 96.3 cm³/mol. The molecule has 2 aromatic carbocycles. The van der Waals surface area contributed by atoms with E-state index < -0.39 is 10.0 Å². The molecule has 0 spiro atoms. The van der Waals surface area contributed by atoms with Gasteiger partial charge in [0.25, 0.3) is 0 Å². The van der Waals surface area contributed by atoms with Crippen molar-refractivity contribution in [1.82, 2.24) is 0 Å². The lowest BCUT2D eigenvalue weighted by molar-refractivity contribution is 1.17. The van der Waals surface area contributed by atoms with Crippen LogP contribution in [-0.4, -0.2) is 11.5 Å². The van der Waals surface area contributed by atoms with Gasteiger partial charge in [-0.25, -0.2) is 0 Å². The van der Waals surface area contributed by atoms with Crippen molar-refractivity contribution in [2.24, 2.45) is 0 Å². The summed E-state index contributed by atoms with van der Waals surface area (Å²) in [5.74, 6) is 0. The fourth-order valence-corrected chi connectivity index (χ4v) is 5.44. The molecule has 0 nitrogen and oxygen atoms in total. The summed E-state index contributed by atoms with van der Waals surface area (Å²) in [4.78, 5) is 2.88. The summed E-state index contributed by atoms with van der Waals surface area (Å²) in [6.07, 6.45) is 11.1. The highest BCUT2D eigenvalue weighted by atomic mass is 32.3. The Morgan fingerprint density at radius 3 is 1.71 bits per heavy atom. The first-order valence-corrected chi connectivity index (χ1v) is 9.47. The van der Waals surface area contributed by atoms with E-state index in [1.807, 2.05) is 0 Å². The second-order valence-corrected chi connectivity index (χ2v) is 8.87. The maximum atomic E-state index is 2.42. The van der Waals surface area contributed by atoms with E-state index in [-0.39, 0.29) is 0 Å². The van der Waals surface area contributed by atoms with E-state index in [1.165, 1.54) is 9.79 Å². The van der Waals surface area contributed by atoms with E-state index in [1.54, 1.807) is 0 Å². The number of rotatable bonds is 5. The lowest BCUT2D eigenvalue weighted by atomic mass is 10.3. The third kappa shape index (κ3) is 3.48. The average molecular weight is 296 g/mol. The molecule has 110 valence electrons. The van der Waals surface area contributed by atoms with E-state index in [9.17, 15) is 0 Å². The van der Waals surface area contributed by atoms with Crippen molar-refractivity contribution in [3.05, 3.63) is 85.0 Å². The molecule has 0 amide bonds. The molecule has 0 aliphatic carbocycles. The Kier molecular flexibility index (Phi) is 5.46. The fraction of sp³-hybridized carbons (Fsp3) is 0.200. The molecule has 0 aromatic heterocycles. The van der Waals surface area contributed by atoms with Gasteiger partial charge in [-0.3, -0.25) is 0 Å². The first kappa shape index (κ1) is 15.7. The first-order valence-electron chi connectivity index (χ1n) is 7.36. The SMILES string of the molecule is CC=CC=CC(C)S(C)(c1ccccc1)c1ccccc1. The third-order valence-electron chi connectivity index (χ3n) is 3.89. The zero-order valence-electron chi connectivity index (χ0n) is 13.1. The predicted octanol–water partition coefficient (Wildman–Crippen LogP) is 6.06. The average Bonchev–Trinajstić information content (AvgIpc) is 2.56. The molecule has 1 heteroatoms. The van der Waals surface area contributed by atoms with Crippen LogP contribution < -0.4 is 0 Å². The van der Waals surface area contributed by atoms with E-state index in [2.05, 4.69) is 105 Å². The van der Waals surface area contributed by atoms with Gasteiger partial charge in [0.2, 0.25) is 0 Å². The topological polar surface area (TPSA) is 0 Å². The molecular weight excluding hydrogens is 272 g/mol. The summed E-state index contributed by atoms with van der Waals surface area (Å²) < 4.78 is 0. The second kappa shape index (κ2) is 7.33. The summed E-state index contributed by atoms with van der Waals surface area (Å²) in [6.45, 7) is 4.38. The van der Waals surface area contributed by atoms with Gasteiger partial charge in [0.15, 0.2) is 0 Å². The van der Waals surface area contributed by atoms with E-state index in [0.29, 0.717) is 5.25 Å². The molecule has 0 saturated heterocycles. The molecule has 0 aliphatic heterocycles. The molecule has 0 saturated carbocycles. The molecule has 0 radical (unpaired) electrons. The van der Waals surface area contributed by atoms with E-state index in [4.69, 9.17) is 0 Å². The molecule has 1 atom stereocenters. The van der Waals surface area contributed by atoms with Gasteiger partial charge in [0.1, 0.15) is 0 Å². The molecule has 0 fully saturated rings. The van der Waals surface area contributed by atoms with Crippen LogP contribution in [0.5, 0.6) is 0 Å². The van der Waals surface area contributed by atoms with Gasteiger partial charge in [0.05, 0.1) is 0 Å². The summed E-state index contributed by atoms with van der Waals surface area (Å²) in [5.41, 5.74) is 0. The smallest absolute Gasteiger partial charge is 0.0118 e. The number of hydrogen-bond donors (Lipinski definition) is 0. The number of allylic oxidation sites excluding steroid dienone is 3. The second-order valence-electron chi connectivity index (χ2n) is 5.22. The van der Waals surface area contributed by atoms with Gasteiger partial charge in [-0.05, 0) is 47.2 Å². The quantitative estimate of drug-likeness (QED) is 0.588. The van der Waals surface area contributed by atoms with Gasteiger partial charge >= 0.3 is 0 Å². The lowest BCUT2D eigenvalue weighted by Gasteiger charge is -2.41. The van der Waals surface area contributed by atoms with Gasteiger partial charge in [0, 0.05) is 5.25 Å². The molecular formula is C20H24S. The van der Waals surface area contributed by atoms with Crippen molar-refractivity contribution in [2.45, 2.75) is 28.9 Å². The van der Waals surface area contributed by atoms with Crippen molar-refractivity contribution >= 4 is 10.0 Å². The maximum absolute atomic E-state index is 2.42. The molecule has 0 bridgehead atoms. The summed E-state index contributed by atoms with van der Waals surface area (Å²) in [7, 11) is -1.08. The van der Waals surface area contributed by atoms with Crippen LogP contribution in [-0.2, 0) is 0 Å². The Balaban J connectivity index is 2.49. The van der Waals surface area contributed by atoms with Crippen molar-refractivity contribution in [2.75, 3.05) is 6.26 Å². The van der Waals surface area contributed by atoms with Crippen LogP contribution >= 0.6 is 10.0 Å². The Hall–Kier alpha value is -1.73. The Morgan fingerprint density at radius 1 is 0.810 bits per heavy atom. The molecule has 0 N–H and O–H groups in total. The Labute approximate surface area is 130 Å². The molecule has 2 rings (SSSR count). The molecule has 2 aromatic rings. The van der Waals surface area contributed by atoms with Crippen LogP contribution in [0.25, 0.3) is 0 Å². The Bertz CT molecular complexity index is 557. The minimum absolute atomic E-state index is 0.485. The standard InChI is InChI=1S/C20H24S/c1-4-5-8-13-18(2)21(3,19-14-9-6-10-15-19)20-16-11-7-12-17-20/h4-18H,1-3H3. The largest absolute Gasteiger partial charge is 0.184 e. The summed E-state index contributed by atoms with van der Waals surface area (Å²) >= 11 is 0. The fourth-order valence-electron chi connectivity index (χ4n) is 2.46. The molecule has 21 heavy (non-hydrogen) atoms. The minimum Gasteiger partial charge on any atom is -0.184 e. The van der Waals surface area contributed by atoms with Crippen LogP contribution in [0.1, 0.15) is 13.8 Å². The van der Waals surface area contributed by atoms with Crippen molar-refractivity contribution in [1.29, 1.82) is 0 Å². The molecule has 0 aliphatic rings. The van der Waals surface area contributed by atoms with Crippen molar-refractivity contribution in [3.8, 4) is 0 Å². The highest BCUT2D eigenvalue weighted by Gasteiger charge is 2.27. The molecule has 1 unspecified atom stereocenters. The van der Waals surface area contributed by atoms with Crippen molar-refractivity contribution in [3.63, 3.8) is 0 Å². The van der Waals surface area contributed by atoms with Crippen LogP contribution in [0.4, 0.5) is 0 Å². The van der Waals surface area contributed by atoms with E-state index >= 15 is 0 Å². The highest BCUT2D eigenvalue weighted by Crippen LogP contribution is 2.63. The zero-order valence-corrected chi connectivity index (χ0v) is 13.9. The number of benzene rings is 2. The van der Waals surface area contributed by atoms with Gasteiger partial charge < -0.3 is 0 Å². The minimum atomic E-state index is -1.08. The van der Waals surface area contributed by atoms with Crippen LogP contribution in [0.15, 0.2) is 94.8 Å². The molecule has 0 heterocycles. The van der Waals surface area contributed by atoms with E-state index in [0.717, 1.165) is 0 Å². The highest BCUT2D eigenvalue weighted by molar-refractivity contribution is 8.33. The first-order chi connectivity index (χ1) is 10.2. The lowest BCUT2D eigenvalue weighted by Crippen LogP contribution is -2.13. The zero-order chi connectivity index (χ0) is 15.1. The summed E-state index contributed by atoms with van der Waals surface area (Å²) in [6, 6.07) is 21.8. The van der Waals surface area contributed by atoms with Crippen LogP contribution in [0.2, 0.25) is 0 Å². The Morgan fingerprint density at radius 2 is 1.29 bits per heavy atom. The monoisotopic (exact) mass is 296 g/mol. The normalized spacial score (nSPS) is 14.6.